The number of nitrogens with zero attached hydrogens (tertiary/aromatic N) is 2. The Labute approximate surface area is 88.5 Å². The van der Waals surface area contributed by atoms with E-state index in [0.29, 0.717) is 5.92 Å². The van der Waals surface area contributed by atoms with E-state index in [-0.39, 0.29) is 0 Å². The van der Waals surface area contributed by atoms with Gasteiger partial charge in [0, 0.05) is 30.2 Å². The first kappa shape index (κ1) is 10.8. The lowest BCUT2D eigenvalue weighted by Crippen LogP contribution is -2.04. The molecule has 0 aliphatic carbocycles. The molecule has 0 saturated carbocycles. The molecule has 1 heterocycles. The summed E-state index contributed by atoms with van der Waals surface area (Å²) >= 11 is 3.44. The van der Waals surface area contributed by atoms with Crippen LogP contribution in [0.1, 0.15) is 38.4 Å². The summed E-state index contributed by atoms with van der Waals surface area (Å²) in [6.07, 6.45) is 6.42. The molecule has 0 aliphatic rings. The molecule has 0 radical (unpaired) electrons. The fourth-order valence-electron chi connectivity index (χ4n) is 1.39. The molecule has 74 valence electrons. The standard InChI is InChI=1S/C10H17BrN2/c1-9(2)10-12-6-8-13(10)7-4-3-5-11/h6,8-9H,3-5,7H2,1-2H3. The van der Waals surface area contributed by atoms with Crippen LogP contribution in [0, 0.1) is 0 Å². The summed E-state index contributed by atoms with van der Waals surface area (Å²) < 4.78 is 2.26. The second-order valence-electron chi connectivity index (χ2n) is 3.53. The highest BCUT2D eigenvalue weighted by Gasteiger charge is 2.05. The van der Waals surface area contributed by atoms with Crippen LogP contribution in [-0.2, 0) is 6.54 Å². The van der Waals surface area contributed by atoms with Crippen molar-refractivity contribution < 1.29 is 0 Å². The van der Waals surface area contributed by atoms with Crippen molar-refractivity contribution in [2.45, 2.75) is 39.2 Å². The molecule has 0 spiro atoms. The third-order valence-electron chi connectivity index (χ3n) is 2.05. The Bertz CT molecular complexity index is 243. The van der Waals surface area contributed by atoms with E-state index in [2.05, 4.69) is 45.5 Å². The number of rotatable bonds is 5. The van der Waals surface area contributed by atoms with Crippen LogP contribution < -0.4 is 0 Å². The third kappa shape index (κ3) is 3.14. The second-order valence-corrected chi connectivity index (χ2v) is 4.32. The predicted octanol–water partition coefficient (Wildman–Crippen LogP) is 3.18. The molecular weight excluding hydrogens is 228 g/mol. The van der Waals surface area contributed by atoms with Gasteiger partial charge in [-0.05, 0) is 12.8 Å². The quantitative estimate of drug-likeness (QED) is 0.575. The van der Waals surface area contributed by atoms with Crippen molar-refractivity contribution in [3.8, 4) is 0 Å². The Morgan fingerprint density at radius 1 is 1.46 bits per heavy atom. The van der Waals surface area contributed by atoms with Crippen LogP contribution in [0.3, 0.4) is 0 Å². The van der Waals surface area contributed by atoms with Gasteiger partial charge in [-0.25, -0.2) is 4.98 Å². The van der Waals surface area contributed by atoms with Crippen molar-refractivity contribution >= 4 is 15.9 Å². The number of aryl methyl sites for hydroxylation is 1. The van der Waals surface area contributed by atoms with Crippen LogP contribution in [0.5, 0.6) is 0 Å². The second kappa shape index (κ2) is 5.43. The summed E-state index contributed by atoms with van der Waals surface area (Å²) in [5.41, 5.74) is 0. The lowest BCUT2D eigenvalue weighted by Gasteiger charge is -2.09. The first-order chi connectivity index (χ1) is 6.25. The number of aromatic nitrogens is 2. The highest BCUT2D eigenvalue weighted by Crippen LogP contribution is 2.12. The zero-order valence-corrected chi connectivity index (χ0v) is 9.92. The maximum atomic E-state index is 4.35. The SMILES string of the molecule is CC(C)c1nccn1CCCCBr. The minimum Gasteiger partial charge on any atom is -0.335 e. The van der Waals surface area contributed by atoms with Gasteiger partial charge < -0.3 is 4.57 Å². The van der Waals surface area contributed by atoms with Crippen LogP contribution in [0.15, 0.2) is 12.4 Å². The topological polar surface area (TPSA) is 17.8 Å². The Hall–Kier alpha value is -0.310. The van der Waals surface area contributed by atoms with Gasteiger partial charge in [0.05, 0.1) is 0 Å². The maximum absolute atomic E-state index is 4.35. The molecule has 1 rings (SSSR count). The van der Waals surface area contributed by atoms with Gasteiger partial charge in [-0.2, -0.15) is 0 Å². The minimum atomic E-state index is 0.527. The molecule has 13 heavy (non-hydrogen) atoms. The zero-order chi connectivity index (χ0) is 9.68. The maximum Gasteiger partial charge on any atom is 0.111 e. The highest BCUT2D eigenvalue weighted by molar-refractivity contribution is 9.09. The first-order valence-electron chi connectivity index (χ1n) is 4.82. The van der Waals surface area contributed by atoms with Crippen molar-refractivity contribution in [2.24, 2.45) is 0 Å². The number of alkyl halides is 1. The van der Waals surface area contributed by atoms with Crippen molar-refractivity contribution in [1.82, 2.24) is 9.55 Å². The van der Waals surface area contributed by atoms with E-state index < -0.39 is 0 Å². The predicted molar refractivity (Wildman–Crippen MR) is 59.3 cm³/mol. The Kier molecular flexibility index (Phi) is 4.50. The summed E-state index contributed by atoms with van der Waals surface area (Å²) in [6, 6.07) is 0. The summed E-state index contributed by atoms with van der Waals surface area (Å²) in [6.45, 7) is 5.46. The lowest BCUT2D eigenvalue weighted by molar-refractivity contribution is 0.585. The van der Waals surface area contributed by atoms with E-state index in [4.69, 9.17) is 0 Å². The first-order valence-corrected chi connectivity index (χ1v) is 5.95. The van der Waals surface area contributed by atoms with Crippen LogP contribution >= 0.6 is 15.9 Å². The molecule has 0 aromatic carbocycles. The van der Waals surface area contributed by atoms with Gasteiger partial charge in [0.25, 0.3) is 0 Å². The van der Waals surface area contributed by atoms with Gasteiger partial charge in [-0.15, -0.1) is 0 Å². The number of unbranched alkanes of at least 4 members (excludes halogenated alkanes) is 1. The average molecular weight is 245 g/mol. The van der Waals surface area contributed by atoms with Crippen molar-refractivity contribution in [1.29, 1.82) is 0 Å². The van der Waals surface area contributed by atoms with E-state index in [0.717, 1.165) is 11.9 Å². The summed E-state index contributed by atoms with van der Waals surface area (Å²) in [7, 11) is 0. The molecule has 0 saturated heterocycles. The Balaban J connectivity index is 2.50. The molecule has 0 bridgehead atoms. The monoisotopic (exact) mass is 244 g/mol. The summed E-state index contributed by atoms with van der Waals surface area (Å²) in [5, 5.41) is 1.10. The van der Waals surface area contributed by atoms with Crippen LogP contribution in [0.4, 0.5) is 0 Å². The van der Waals surface area contributed by atoms with Crippen LogP contribution in [-0.4, -0.2) is 14.9 Å². The molecule has 0 amide bonds. The Morgan fingerprint density at radius 2 is 2.23 bits per heavy atom. The van der Waals surface area contributed by atoms with Crippen LogP contribution in [0.25, 0.3) is 0 Å². The lowest BCUT2D eigenvalue weighted by atomic mass is 10.2. The third-order valence-corrected chi connectivity index (χ3v) is 2.61. The highest BCUT2D eigenvalue weighted by atomic mass is 79.9. The zero-order valence-electron chi connectivity index (χ0n) is 8.33. The molecule has 0 aliphatic heterocycles. The van der Waals surface area contributed by atoms with E-state index in [1.165, 1.54) is 18.7 Å². The smallest absolute Gasteiger partial charge is 0.111 e. The van der Waals surface area contributed by atoms with Gasteiger partial charge in [0.2, 0.25) is 0 Å². The van der Waals surface area contributed by atoms with Gasteiger partial charge in [-0.1, -0.05) is 29.8 Å². The van der Waals surface area contributed by atoms with E-state index in [1.807, 2.05) is 6.20 Å². The van der Waals surface area contributed by atoms with Crippen molar-refractivity contribution in [3.05, 3.63) is 18.2 Å². The molecule has 2 nitrogen and oxygen atoms in total. The number of halogens is 1. The molecule has 1 aromatic heterocycles. The molecule has 0 unspecified atom stereocenters. The number of imidazole rings is 1. The molecule has 3 heteroatoms. The van der Waals surface area contributed by atoms with Gasteiger partial charge in [-0.3, -0.25) is 0 Å². The van der Waals surface area contributed by atoms with Gasteiger partial charge >= 0.3 is 0 Å². The number of hydrogen-bond acceptors (Lipinski definition) is 1. The largest absolute Gasteiger partial charge is 0.335 e. The molecule has 0 fully saturated rings. The summed E-state index contributed by atoms with van der Waals surface area (Å²) in [4.78, 5) is 4.35. The summed E-state index contributed by atoms with van der Waals surface area (Å²) in [5.74, 6) is 1.73. The molecule has 1 aromatic rings. The van der Waals surface area contributed by atoms with E-state index in [1.54, 1.807) is 0 Å². The van der Waals surface area contributed by atoms with Gasteiger partial charge in [0.1, 0.15) is 5.82 Å². The molecule has 0 atom stereocenters. The van der Waals surface area contributed by atoms with Gasteiger partial charge in [0.15, 0.2) is 0 Å². The Morgan fingerprint density at radius 3 is 2.85 bits per heavy atom. The fraction of sp³-hybridized carbons (Fsp3) is 0.700. The fourth-order valence-corrected chi connectivity index (χ4v) is 1.78. The normalized spacial score (nSPS) is 11.1. The van der Waals surface area contributed by atoms with E-state index in [9.17, 15) is 0 Å². The van der Waals surface area contributed by atoms with E-state index >= 15 is 0 Å². The average Bonchev–Trinajstić information content (AvgIpc) is 2.53. The number of hydrogen-bond donors (Lipinski definition) is 0. The molecule has 0 N–H and O–H groups in total. The molecular formula is C10H17BrN2. The van der Waals surface area contributed by atoms with Crippen LogP contribution in [0.2, 0.25) is 0 Å². The van der Waals surface area contributed by atoms with Crippen molar-refractivity contribution in [2.75, 3.05) is 5.33 Å². The van der Waals surface area contributed by atoms with Crippen molar-refractivity contribution in [3.63, 3.8) is 0 Å². The minimum absolute atomic E-state index is 0.527.